The average Bonchev–Trinajstić information content (AvgIpc) is 2.97. The van der Waals surface area contributed by atoms with Gasteiger partial charge in [0.1, 0.15) is 0 Å². The minimum atomic E-state index is 0.549. The van der Waals surface area contributed by atoms with Gasteiger partial charge in [-0.3, -0.25) is 4.68 Å². The first-order valence-electron chi connectivity index (χ1n) is 6.62. The summed E-state index contributed by atoms with van der Waals surface area (Å²) in [5, 5.41) is 8.27. The van der Waals surface area contributed by atoms with Crippen molar-refractivity contribution in [3.8, 4) is 0 Å². The first-order valence-corrected chi connectivity index (χ1v) is 6.62. The van der Waals surface area contributed by atoms with Crippen molar-refractivity contribution in [2.75, 3.05) is 6.54 Å². The zero-order valence-electron chi connectivity index (χ0n) is 10.1. The van der Waals surface area contributed by atoms with Crippen molar-refractivity contribution in [2.45, 2.75) is 50.5 Å². The third kappa shape index (κ3) is 1.77. The third-order valence-corrected chi connectivity index (χ3v) is 4.13. The zero-order valence-corrected chi connectivity index (χ0v) is 10.1. The van der Waals surface area contributed by atoms with Crippen LogP contribution >= 0.6 is 0 Å². The molecule has 2 fully saturated rings. The lowest BCUT2D eigenvalue weighted by atomic mass is 10.0. The van der Waals surface area contributed by atoms with E-state index in [1.165, 1.54) is 49.9 Å². The highest BCUT2D eigenvalue weighted by Crippen LogP contribution is 2.34. The molecule has 1 aliphatic heterocycles. The summed E-state index contributed by atoms with van der Waals surface area (Å²) in [6, 6.07) is 2.89. The Kier molecular flexibility index (Phi) is 2.72. The van der Waals surface area contributed by atoms with Crippen molar-refractivity contribution >= 4 is 0 Å². The highest BCUT2D eigenvalue weighted by atomic mass is 15.3. The maximum Gasteiger partial charge on any atom is 0.0658 e. The second-order valence-corrected chi connectivity index (χ2v) is 5.25. The first-order chi connectivity index (χ1) is 7.84. The molecule has 88 valence electrons. The van der Waals surface area contributed by atoms with Crippen LogP contribution in [0.1, 0.15) is 61.9 Å². The molecule has 1 aromatic rings. The van der Waals surface area contributed by atoms with E-state index in [4.69, 9.17) is 5.10 Å². The fraction of sp³-hybridized carbons (Fsp3) is 0.769. The van der Waals surface area contributed by atoms with Crippen LogP contribution in [0.2, 0.25) is 0 Å². The van der Waals surface area contributed by atoms with Gasteiger partial charge in [-0.15, -0.1) is 0 Å². The standard InChI is InChI=1S/C13H21N3/c1-16-13(11-7-4-8-14-11)9-12(15-16)10-5-2-3-6-10/h9-11,14H,2-8H2,1H3. The summed E-state index contributed by atoms with van der Waals surface area (Å²) >= 11 is 0. The van der Waals surface area contributed by atoms with Crippen LogP contribution in [0.4, 0.5) is 0 Å². The van der Waals surface area contributed by atoms with Gasteiger partial charge in [-0.1, -0.05) is 12.8 Å². The van der Waals surface area contributed by atoms with Gasteiger partial charge in [0, 0.05) is 19.0 Å². The second kappa shape index (κ2) is 4.21. The Balaban J connectivity index is 1.83. The predicted molar refractivity (Wildman–Crippen MR) is 64.4 cm³/mol. The van der Waals surface area contributed by atoms with Crippen molar-refractivity contribution in [3.05, 3.63) is 17.5 Å². The highest BCUT2D eigenvalue weighted by Gasteiger charge is 2.24. The van der Waals surface area contributed by atoms with E-state index in [2.05, 4.69) is 23.1 Å². The summed E-state index contributed by atoms with van der Waals surface area (Å²) in [7, 11) is 2.09. The maximum atomic E-state index is 4.71. The van der Waals surface area contributed by atoms with E-state index in [1.807, 2.05) is 0 Å². The van der Waals surface area contributed by atoms with Crippen molar-refractivity contribution in [1.82, 2.24) is 15.1 Å². The summed E-state index contributed by atoms with van der Waals surface area (Å²) in [5.41, 5.74) is 2.73. The highest BCUT2D eigenvalue weighted by molar-refractivity contribution is 5.19. The molecule has 0 amide bonds. The normalized spacial score (nSPS) is 26.7. The number of aryl methyl sites for hydroxylation is 1. The topological polar surface area (TPSA) is 29.9 Å². The fourth-order valence-corrected chi connectivity index (χ4v) is 3.19. The SMILES string of the molecule is Cn1nc(C2CCCC2)cc1C1CCCN1. The molecule has 1 saturated carbocycles. The van der Waals surface area contributed by atoms with E-state index < -0.39 is 0 Å². The van der Waals surface area contributed by atoms with Crippen LogP contribution in [-0.2, 0) is 7.05 Å². The molecule has 0 aromatic carbocycles. The zero-order chi connectivity index (χ0) is 11.0. The molecule has 1 aliphatic carbocycles. The van der Waals surface area contributed by atoms with Crippen LogP contribution in [0.5, 0.6) is 0 Å². The van der Waals surface area contributed by atoms with Crippen LogP contribution in [0.3, 0.4) is 0 Å². The monoisotopic (exact) mass is 219 g/mol. The first kappa shape index (κ1) is 10.3. The minimum Gasteiger partial charge on any atom is -0.309 e. The van der Waals surface area contributed by atoms with Gasteiger partial charge in [0.05, 0.1) is 11.4 Å². The Bertz CT molecular complexity index is 357. The van der Waals surface area contributed by atoms with E-state index >= 15 is 0 Å². The molecule has 1 N–H and O–H groups in total. The van der Waals surface area contributed by atoms with Gasteiger partial charge in [-0.2, -0.15) is 5.10 Å². The van der Waals surface area contributed by atoms with Crippen molar-refractivity contribution in [3.63, 3.8) is 0 Å². The van der Waals surface area contributed by atoms with Crippen LogP contribution in [0, 0.1) is 0 Å². The number of nitrogens with one attached hydrogen (secondary N) is 1. The average molecular weight is 219 g/mol. The number of nitrogens with zero attached hydrogens (tertiary/aromatic N) is 2. The summed E-state index contributed by atoms with van der Waals surface area (Å²) in [6.07, 6.45) is 8.03. The van der Waals surface area contributed by atoms with Crippen LogP contribution in [0.15, 0.2) is 6.07 Å². The summed E-state index contributed by atoms with van der Waals surface area (Å²) in [5.74, 6) is 0.737. The molecular formula is C13H21N3. The minimum absolute atomic E-state index is 0.549. The molecule has 3 heteroatoms. The Morgan fingerprint density at radius 3 is 2.75 bits per heavy atom. The van der Waals surface area contributed by atoms with E-state index in [0.29, 0.717) is 6.04 Å². The molecule has 16 heavy (non-hydrogen) atoms. The largest absolute Gasteiger partial charge is 0.309 e. The molecule has 0 spiro atoms. The van der Waals surface area contributed by atoms with Gasteiger partial charge in [0.2, 0.25) is 0 Å². The smallest absolute Gasteiger partial charge is 0.0658 e. The molecule has 1 saturated heterocycles. The molecule has 1 unspecified atom stereocenters. The molecule has 3 rings (SSSR count). The van der Waals surface area contributed by atoms with Gasteiger partial charge in [-0.25, -0.2) is 0 Å². The Labute approximate surface area is 97.2 Å². The van der Waals surface area contributed by atoms with Gasteiger partial charge in [-0.05, 0) is 38.3 Å². The van der Waals surface area contributed by atoms with Crippen LogP contribution in [0.25, 0.3) is 0 Å². The molecule has 0 radical (unpaired) electrons. The number of hydrogen-bond acceptors (Lipinski definition) is 2. The molecule has 3 nitrogen and oxygen atoms in total. The number of rotatable bonds is 2. The second-order valence-electron chi connectivity index (χ2n) is 5.25. The van der Waals surface area contributed by atoms with E-state index in [9.17, 15) is 0 Å². The summed E-state index contributed by atoms with van der Waals surface area (Å²) in [4.78, 5) is 0. The van der Waals surface area contributed by atoms with Gasteiger partial charge in [0.25, 0.3) is 0 Å². The lowest BCUT2D eigenvalue weighted by molar-refractivity contribution is 0.569. The lowest BCUT2D eigenvalue weighted by Crippen LogP contribution is -2.16. The molecule has 2 aliphatic rings. The molecular weight excluding hydrogens is 198 g/mol. The van der Waals surface area contributed by atoms with Gasteiger partial charge >= 0.3 is 0 Å². The molecule has 0 bridgehead atoms. The molecule has 1 atom stereocenters. The Morgan fingerprint density at radius 2 is 2.06 bits per heavy atom. The Hall–Kier alpha value is -0.830. The number of aromatic nitrogens is 2. The number of hydrogen-bond donors (Lipinski definition) is 1. The third-order valence-electron chi connectivity index (χ3n) is 4.13. The van der Waals surface area contributed by atoms with E-state index in [1.54, 1.807) is 0 Å². The van der Waals surface area contributed by atoms with Crippen molar-refractivity contribution in [2.24, 2.45) is 7.05 Å². The predicted octanol–water partition coefficient (Wildman–Crippen LogP) is 2.50. The van der Waals surface area contributed by atoms with Crippen LogP contribution < -0.4 is 5.32 Å². The van der Waals surface area contributed by atoms with Crippen molar-refractivity contribution in [1.29, 1.82) is 0 Å². The summed E-state index contributed by atoms with van der Waals surface area (Å²) in [6.45, 7) is 1.16. The summed E-state index contributed by atoms with van der Waals surface area (Å²) < 4.78 is 2.09. The molecule has 1 aromatic heterocycles. The van der Waals surface area contributed by atoms with E-state index in [-0.39, 0.29) is 0 Å². The van der Waals surface area contributed by atoms with E-state index in [0.717, 1.165) is 12.5 Å². The lowest BCUT2D eigenvalue weighted by Gasteiger charge is -2.09. The maximum absolute atomic E-state index is 4.71. The van der Waals surface area contributed by atoms with Gasteiger partial charge in [0.15, 0.2) is 0 Å². The van der Waals surface area contributed by atoms with Gasteiger partial charge < -0.3 is 5.32 Å². The van der Waals surface area contributed by atoms with Crippen molar-refractivity contribution < 1.29 is 0 Å². The Morgan fingerprint density at radius 1 is 1.25 bits per heavy atom. The fourth-order valence-electron chi connectivity index (χ4n) is 3.19. The van der Waals surface area contributed by atoms with Crippen LogP contribution in [-0.4, -0.2) is 16.3 Å². The molecule has 2 heterocycles. The quantitative estimate of drug-likeness (QED) is 0.828.